The molecule has 1 amide bonds. The van der Waals surface area contributed by atoms with E-state index in [1.54, 1.807) is 12.3 Å². The number of fused-ring (bicyclic) bond motifs is 1. The van der Waals surface area contributed by atoms with Crippen LogP contribution in [0.2, 0.25) is 0 Å². The van der Waals surface area contributed by atoms with Crippen LogP contribution in [0.1, 0.15) is 52.6 Å². The number of aromatic nitrogens is 3. The van der Waals surface area contributed by atoms with Gasteiger partial charge in [0.1, 0.15) is 35.1 Å². The van der Waals surface area contributed by atoms with Crippen LogP contribution in [0.4, 0.5) is 14.5 Å². The van der Waals surface area contributed by atoms with Crippen molar-refractivity contribution < 1.29 is 23.0 Å². The number of imidazole rings is 1. The minimum atomic E-state index is -2.77. The average molecular weight is 478 g/mol. The van der Waals surface area contributed by atoms with Gasteiger partial charge in [-0.15, -0.1) is 0 Å². The highest BCUT2D eigenvalue weighted by atomic mass is 19.3. The quantitative estimate of drug-likeness (QED) is 0.385. The van der Waals surface area contributed by atoms with E-state index in [1.165, 1.54) is 18.2 Å². The van der Waals surface area contributed by atoms with Gasteiger partial charge in [-0.2, -0.15) is 0 Å². The van der Waals surface area contributed by atoms with Crippen molar-refractivity contribution in [2.75, 3.05) is 18.5 Å². The molecule has 9 heteroatoms. The third-order valence-corrected chi connectivity index (χ3v) is 5.93. The second-order valence-corrected chi connectivity index (χ2v) is 8.35. The molecule has 1 N–H and O–H groups in total. The number of benzene rings is 1. The van der Waals surface area contributed by atoms with Crippen LogP contribution in [0.3, 0.4) is 0 Å². The molecule has 180 valence electrons. The van der Waals surface area contributed by atoms with Crippen molar-refractivity contribution in [2.45, 2.75) is 31.8 Å². The molecule has 7 nitrogen and oxygen atoms in total. The van der Waals surface area contributed by atoms with Gasteiger partial charge in [0.15, 0.2) is 0 Å². The zero-order valence-corrected chi connectivity index (χ0v) is 18.9. The number of nitrogens with one attached hydrogen (secondary N) is 1. The molecular weight excluding hydrogens is 454 g/mol. The lowest BCUT2D eigenvalue weighted by molar-refractivity contribution is 0.0846. The van der Waals surface area contributed by atoms with E-state index in [0.29, 0.717) is 36.2 Å². The Morgan fingerprint density at radius 2 is 1.89 bits per heavy atom. The first-order valence-electron chi connectivity index (χ1n) is 11.4. The van der Waals surface area contributed by atoms with Gasteiger partial charge in [0.05, 0.1) is 5.69 Å². The fraction of sp³-hybridized carbons (Fsp3) is 0.269. The molecule has 1 saturated heterocycles. The van der Waals surface area contributed by atoms with Crippen LogP contribution in [0, 0.1) is 0 Å². The Hall–Kier alpha value is -3.85. The smallest absolute Gasteiger partial charge is 0.280 e. The molecule has 0 atom stereocenters. The van der Waals surface area contributed by atoms with Gasteiger partial charge in [0.2, 0.25) is 0 Å². The van der Waals surface area contributed by atoms with E-state index in [1.807, 2.05) is 40.9 Å². The second-order valence-electron chi connectivity index (χ2n) is 8.35. The molecular formula is C26H24F2N4O3. The molecule has 4 heterocycles. The van der Waals surface area contributed by atoms with Gasteiger partial charge in [0.25, 0.3) is 12.3 Å². The van der Waals surface area contributed by atoms with E-state index in [2.05, 4.69) is 10.3 Å². The number of rotatable bonds is 7. The molecule has 3 aromatic heterocycles. The van der Waals surface area contributed by atoms with Crippen molar-refractivity contribution in [3.05, 3.63) is 89.6 Å². The normalized spacial score (nSPS) is 14.4. The summed E-state index contributed by atoms with van der Waals surface area (Å²) in [5.74, 6) is 0.113. The summed E-state index contributed by atoms with van der Waals surface area (Å²) in [5, 5.41) is 2.77. The van der Waals surface area contributed by atoms with Crippen molar-refractivity contribution in [3.8, 4) is 5.75 Å². The fourth-order valence-electron chi connectivity index (χ4n) is 4.06. The Balaban J connectivity index is 1.46. The average Bonchev–Trinajstić information content (AvgIpc) is 3.31. The number of hydrogen-bond donors (Lipinski definition) is 1. The van der Waals surface area contributed by atoms with Crippen molar-refractivity contribution in [1.29, 1.82) is 0 Å². The van der Waals surface area contributed by atoms with Crippen LogP contribution >= 0.6 is 0 Å². The van der Waals surface area contributed by atoms with E-state index in [9.17, 15) is 13.6 Å². The fourth-order valence-corrected chi connectivity index (χ4v) is 4.06. The molecule has 0 saturated carbocycles. The van der Waals surface area contributed by atoms with Gasteiger partial charge in [-0.3, -0.25) is 4.79 Å². The second kappa shape index (κ2) is 10.2. The minimum absolute atomic E-state index is 0.106. The van der Waals surface area contributed by atoms with Gasteiger partial charge in [0, 0.05) is 37.6 Å². The number of carbonyl (C=O) groups is 1. The van der Waals surface area contributed by atoms with Gasteiger partial charge >= 0.3 is 0 Å². The molecule has 1 aliphatic heterocycles. The highest BCUT2D eigenvalue weighted by molar-refractivity contribution is 6.03. The Kier molecular flexibility index (Phi) is 6.67. The van der Waals surface area contributed by atoms with Gasteiger partial charge in [-0.05, 0) is 30.5 Å². The van der Waals surface area contributed by atoms with Crippen LogP contribution in [0.15, 0.2) is 67.0 Å². The van der Waals surface area contributed by atoms with Gasteiger partial charge in [-0.25, -0.2) is 18.7 Å². The summed E-state index contributed by atoms with van der Waals surface area (Å²) in [7, 11) is 0. The Morgan fingerprint density at radius 1 is 1.09 bits per heavy atom. The number of carbonyl (C=O) groups excluding carboxylic acids is 1. The summed E-state index contributed by atoms with van der Waals surface area (Å²) < 4.78 is 39.5. The summed E-state index contributed by atoms with van der Waals surface area (Å²) in [6.07, 6.45) is 2.70. The SMILES string of the molecule is O=C(Nc1cn2cc(C3CCOCC3)nc2cc1OCc1ccccc1)c1cccc(C(F)F)n1. The molecule has 5 rings (SSSR count). The van der Waals surface area contributed by atoms with Crippen LogP contribution in [-0.4, -0.2) is 33.5 Å². The summed E-state index contributed by atoms with van der Waals surface area (Å²) >= 11 is 0. The van der Waals surface area contributed by atoms with Crippen molar-refractivity contribution in [1.82, 2.24) is 14.4 Å². The Labute approximate surface area is 200 Å². The lowest BCUT2D eigenvalue weighted by Crippen LogP contribution is -2.16. The zero-order valence-electron chi connectivity index (χ0n) is 18.9. The van der Waals surface area contributed by atoms with E-state index in [-0.39, 0.29) is 12.3 Å². The Morgan fingerprint density at radius 3 is 2.66 bits per heavy atom. The molecule has 1 aromatic carbocycles. The number of hydrogen-bond acceptors (Lipinski definition) is 5. The highest BCUT2D eigenvalue weighted by Gasteiger charge is 2.21. The standard InChI is InChI=1S/C26H24F2N4O3/c27-25(28)19-7-4-8-20(29-19)26(33)31-22-15-32-14-21(18-9-11-34-12-10-18)30-24(32)13-23(22)35-16-17-5-2-1-3-6-17/h1-8,13-15,18,25H,9-12,16H2,(H,31,33). The van der Waals surface area contributed by atoms with E-state index >= 15 is 0 Å². The predicted molar refractivity (Wildman–Crippen MR) is 126 cm³/mol. The Bertz CT molecular complexity index is 1320. The van der Waals surface area contributed by atoms with Crippen molar-refractivity contribution in [3.63, 3.8) is 0 Å². The van der Waals surface area contributed by atoms with Gasteiger partial charge < -0.3 is 19.2 Å². The maximum absolute atomic E-state index is 13.1. The predicted octanol–water partition coefficient (Wildman–Crippen LogP) is 5.39. The lowest BCUT2D eigenvalue weighted by atomic mass is 9.97. The number of alkyl halides is 2. The summed E-state index contributed by atoms with van der Waals surface area (Å²) in [4.78, 5) is 21.5. The first kappa shape index (κ1) is 22.9. The summed E-state index contributed by atoms with van der Waals surface area (Å²) in [5.41, 5.74) is 2.43. The van der Waals surface area contributed by atoms with Gasteiger partial charge in [-0.1, -0.05) is 36.4 Å². The molecule has 35 heavy (non-hydrogen) atoms. The molecule has 0 radical (unpaired) electrons. The number of nitrogens with zero attached hydrogens (tertiary/aromatic N) is 3. The van der Waals surface area contributed by atoms with Crippen LogP contribution in [-0.2, 0) is 11.3 Å². The minimum Gasteiger partial charge on any atom is -0.487 e. The van der Waals surface area contributed by atoms with E-state index in [0.717, 1.165) is 24.1 Å². The van der Waals surface area contributed by atoms with Crippen molar-refractivity contribution in [2.24, 2.45) is 0 Å². The molecule has 4 aromatic rings. The maximum Gasteiger partial charge on any atom is 0.280 e. The summed E-state index contributed by atoms with van der Waals surface area (Å²) in [6, 6.07) is 15.4. The maximum atomic E-state index is 13.1. The number of pyridine rings is 2. The van der Waals surface area contributed by atoms with Crippen molar-refractivity contribution >= 4 is 17.2 Å². The molecule has 0 aliphatic carbocycles. The number of anilines is 1. The number of ether oxygens (including phenoxy) is 2. The number of halogens is 2. The third-order valence-electron chi connectivity index (χ3n) is 5.93. The van der Waals surface area contributed by atoms with Crippen LogP contribution < -0.4 is 10.1 Å². The molecule has 1 aliphatic rings. The largest absolute Gasteiger partial charge is 0.487 e. The highest BCUT2D eigenvalue weighted by Crippen LogP contribution is 2.31. The molecule has 0 bridgehead atoms. The van der Waals surface area contributed by atoms with Crippen LogP contribution in [0.25, 0.3) is 5.65 Å². The molecule has 0 unspecified atom stereocenters. The first-order chi connectivity index (χ1) is 17.1. The molecule has 1 fully saturated rings. The summed E-state index contributed by atoms with van der Waals surface area (Å²) in [6.45, 7) is 1.69. The molecule has 0 spiro atoms. The lowest BCUT2D eigenvalue weighted by Gasteiger charge is -2.19. The monoisotopic (exact) mass is 478 g/mol. The van der Waals surface area contributed by atoms with E-state index < -0.39 is 18.0 Å². The topological polar surface area (TPSA) is 77.8 Å². The third kappa shape index (κ3) is 5.30. The van der Waals surface area contributed by atoms with Crippen LogP contribution in [0.5, 0.6) is 5.75 Å². The first-order valence-corrected chi connectivity index (χ1v) is 11.4. The zero-order chi connectivity index (χ0) is 24.2. The van der Waals surface area contributed by atoms with E-state index in [4.69, 9.17) is 14.5 Å². The number of amides is 1.